The number of halogens is 3. The lowest BCUT2D eigenvalue weighted by Gasteiger charge is -2.32. The van der Waals surface area contributed by atoms with Crippen molar-refractivity contribution in [2.45, 2.75) is 38.0 Å². The van der Waals surface area contributed by atoms with Crippen LogP contribution in [0, 0.1) is 0 Å². The van der Waals surface area contributed by atoms with Gasteiger partial charge in [-0.3, -0.25) is 14.7 Å². The normalized spacial score (nSPS) is 15.6. The molecule has 1 saturated heterocycles. The van der Waals surface area contributed by atoms with Gasteiger partial charge in [-0.15, -0.1) is 11.3 Å². The SMILES string of the molecule is O=C(Cc1csc(-c2cccnc2)n1)NC1CCN(Cc2cccc(C(F)(F)F)c2)CC1. The minimum absolute atomic E-state index is 0.0654. The third-order valence-corrected chi connectivity index (χ3v) is 6.36. The summed E-state index contributed by atoms with van der Waals surface area (Å²) in [6.45, 7) is 1.92. The number of likely N-dealkylation sites (tertiary alicyclic amines) is 1. The number of carbonyl (C=O) groups is 1. The van der Waals surface area contributed by atoms with Gasteiger partial charge in [0.2, 0.25) is 5.91 Å². The van der Waals surface area contributed by atoms with Crippen molar-refractivity contribution in [2.24, 2.45) is 0 Å². The quantitative estimate of drug-likeness (QED) is 0.587. The molecule has 9 heteroatoms. The van der Waals surface area contributed by atoms with Crippen LogP contribution in [-0.4, -0.2) is 39.9 Å². The Morgan fingerprint density at radius 2 is 2.00 bits per heavy atom. The van der Waals surface area contributed by atoms with Crippen LogP contribution in [0.5, 0.6) is 0 Å². The van der Waals surface area contributed by atoms with Crippen LogP contribution < -0.4 is 5.32 Å². The van der Waals surface area contributed by atoms with E-state index < -0.39 is 11.7 Å². The molecule has 32 heavy (non-hydrogen) atoms. The van der Waals surface area contributed by atoms with Crippen LogP contribution in [0.2, 0.25) is 0 Å². The summed E-state index contributed by atoms with van der Waals surface area (Å²) in [6, 6.07) is 9.32. The Kier molecular flexibility index (Phi) is 6.86. The van der Waals surface area contributed by atoms with Crippen molar-refractivity contribution in [3.8, 4) is 10.6 Å². The molecule has 3 heterocycles. The van der Waals surface area contributed by atoms with Gasteiger partial charge in [-0.1, -0.05) is 18.2 Å². The van der Waals surface area contributed by atoms with Crippen molar-refractivity contribution in [1.29, 1.82) is 0 Å². The number of hydrogen-bond donors (Lipinski definition) is 1. The van der Waals surface area contributed by atoms with Crippen molar-refractivity contribution in [3.05, 3.63) is 71.0 Å². The molecule has 1 amide bonds. The number of nitrogens with one attached hydrogen (secondary N) is 1. The molecule has 0 atom stereocenters. The molecule has 1 fully saturated rings. The lowest BCUT2D eigenvalue weighted by molar-refractivity contribution is -0.137. The minimum atomic E-state index is -4.33. The second kappa shape index (κ2) is 9.79. The monoisotopic (exact) mass is 460 g/mol. The molecule has 3 aromatic rings. The molecule has 0 bridgehead atoms. The molecule has 0 spiro atoms. The Balaban J connectivity index is 1.24. The predicted molar refractivity (Wildman–Crippen MR) is 117 cm³/mol. The van der Waals surface area contributed by atoms with E-state index in [2.05, 4.69) is 20.2 Å². The highest BCUT2D eigenvalue weighted by Crippen LogP contribution is 2.30. The summed E-state index contributed by atoms with van der Waals surface area (Å²) >= 11 is 1.49. The van der Waals surface area contributed by atoms with Crippen molar-refractivity contribution in [3.63, 3.8) is 0 Å². The molecular formula is C23H23F3N4OS. The maximum Gasteiger partial charge on any atom is 0.416 e. The Morgan fingerprint density at radius 1 is 1.19 bits per heavy atom. The first-order valence-corrected chi connectivity index (χ1v) is 11.3. The smallest absolute Gasteiger partial charge is 0.353 e. The van der Waals surface area contributed by atoms with Crippen molar-refractivity contribution in [2.75, 3.05) is 13.1 Å². The number of rotatable bonds is 6. The van der Waals surface area contributed by atoms with E-state index in [0.717, 1.165) is 48.3 Å². The van der Waals surface area contributed by atoms with Gasteiger partial charge in [0.25, 0.3) is 0 Å². The summed E-state index contributed by atoms with van der Waals surface area (Å²) in [5, 5.41) is 5.79. The fourth-order valence-electron chi connectivity index (χ4n) is 3.79. The zero-order chi connectivity index (χ0) is 22.6. The minimum Gasteiger partial charge on any atom is -0.353 e. The van der Waals surface area contributed by atoms with E-state index in [-0.39, 0.29) is 18.4 Å². The topological polar surface area (TPSA) is 58.1 Å². The first-order valence-electron chi connectivity index (χ1n) is 10.4. The summed E-state index contributed by atoms with van der Waals surface area (Å²) in [5.74, 6) is -0.0654. The van der Waals surface area contributed by atoms with Crippen LogP contribution in [-0.2, 0) is 23.9 Å². The average molecular weight is 461 g/mol. The molecule has 168 valence electrons. The van der Waals surface area contributed by atoms with Crippen LogP contribution in [0.25, 0.3) is 10.6 Å². The van der Waals surface area contributed by atoms with Crippen LogP contribution in [0.15, 0.2) is 54.2 Å². The Labute approximate surface area is 188 Å². The van der Waals surface area contributed by atoms with Gasteiger partial charge in [-0.05, 0) is 36.6 Å². The molecule has 0 unspecified atom stereocenters. The van der Waals surface area contributed by atoms with Gasteiger partial charge in [0.15, 0.2) is 0 Å². The highest BCUT2D eigenvalue weighted by atomic mass is 32.1. The van der Waals surface area contributed by atoms with Gasteiger partial charge >= 0.3 is 6.18 Å². The molecule has 0 aliphatic carbocycles. The van der Waals surface area contributed by atoms with Crippen LogP contribution in [0.4, 0.5) is 13.2 Å². The zero-order valence-electron chi connectivity index (χ0n) is 17.3. The lowest BCUT2D eigenvalue weighted by atomic mass is 10.0. The lowest BCUT2D eigenvalue weighted by Crippen LogP contribution is -2.44. The summed E-state index contributed by atoms with van der Waals surface area (Å²) in [6.07, 6.45) is 0.877. The van der Waals surface area contributed by atoms with Crippen LogP contribution >= 0.6 is 11.3 Å². The largest absolute Gasteiger partial charge is 0.416 e. The number of thiazole rings is 1. The third-order valence-electron chi connectivity index (χ3n) is 5.42. The zero-order valence-corrected chi connectivity index (χ0v) is 18.1. The molecule has 5 nitrogen and oxygen atoms in total. The second-order valence-electron chi connectivity index (χ2n) is 7.88. The molecule has 1 aromatic carbocycles. The average Bonchev–Trinajstić information content (AvgIpc) is 3.24. The van der Waals surface area contributed by atoms with Gasteiger partial charge in [-0.2, -0.15) is 13.2 Å². The maximum absolute atomic E-state index is 12.9. The van der Waals surface area contributed by atoms with Crippen molar-refractivity contribution >= 4 is 17.2 Å². The van der Waals surface area contributed by atoms with E-state index in [1.165, 1.54) is 23.5 Å². The Bertz CT molecular complexity index is 1050. The fourth-order valence-corrected chi connectivity index (χ4v) is 4.60. The van der Waals surface area contributed by atoms with Crippen LogP contribution in [0.1, 0.15) is 29.7 Å². The molecule has 1 N–H and O–H groups in total. The van der Waals surface area contributed by atoms with Gasteiger partial charge < -0.3 is 5.32 Å². The number of carbonyl (C=O) groups excluding carboxylic acids is 1. The predicted octanol–water partition coefficient (Wildman–Crippen LogP) is 4.55. The van der Waals surface area contributed by atoms with E-state index in [1.807, 2.05) is 17.5 Å². The molecule has 2 aromatic heterocycles. The Morgan fingerprint density at radius 3 is 2.72 bits per heavy atom. The highest BCUT2D eigenvalue weighted by Gasteiger charge is 2.30. The number of benzene rings is 1. The van der Waals surface area contributed by atoms with Gasteiger partial charge in [0.1, 0.15) is 5.01 Å². The van der Waals surface area contributed by atoms with E-state index >= 15 is 0 Å². The van der Waals surface area contributed by atoms with Crippen molar-refractivity contribution in [1.82, 2.24) is 20.2 Å². The van der Waals surface area contributed by atoms with E-state index in [0.29, 0.717) is 12.1 Å². The number of alkyl halides is 3. The summed E-state index contributed by atoms with van der Waals surface area (Å²) < 4.78 is 38.7. The van der Waals surface area contributed by atoms with Gasteiger partial charge in [0, 0.05) is 49.0 Å². The first kappa shape index (κ1) is 22.4. The number of hydrogen-bond acceptors (Lipinski definition) is 5. The maximum atomic E-state index is 12.9. The van der Waals surface area contributed by atoms with Crippen LogP contribution in [0.3, 0.4) is 0 Å². The number of amides is 1. The molecule has 0 radical (unpaired) electrons. The van der Waals surface area contributed by atoms with E-state index in [9.17, 15) is 18.0 Å². The van der Waals surface area contributed by atoms with E-state index in [1.54, 1.807) is 18.5 Å². The number of aromatic nitrogens is 2. The third kappa shape index (κ3) is 5.92. The van der Waals surface area contributed by atoms with Gasteiger partial charge in [-0.25, -0.2) is 4.98 Å². The van der Waals surface area contributed by atoms with E-state index in [4.69, 9.17) is 0 Å². The second-order valence-corrected chi connectivity index (χ2v) is 8.74. The molecule has 4 rings (SSSR count). The molecular weight excluding hydrogens is 437 g/mol. The standard InChI is InChI=1S/C23H23F3N4OS/c24-23(25,26)18-5-1-3-16(11-18)14-30-9-6-19(7-10-30)28-21(31)12-20-15-32-22(29-20)17-4-2-8-27-13-17/h1-5,8,11,13,15,19H,6-7,9-10,12,14H2,(H,28,31). The summed E-state index contributed by atoms with van der Waals surface area (Å²) in [7, 11) is 0. The number of piperidine rings is 1. The number of nitrogens with zero attached hydrogens (tertiary/aromatic N) is 3. The first-order chi connectivity index (χ1) is 15.4. The van der Waals surface area contributed by atoms with Crippen molar-refractivity contribution < 1.29 is 18.0 Å². The fraction of sp³-hybridized carbons (Fsp3) is 0.348. The van der Waals surface area contributed by atoms with Gasteiger partial charge in [0.05, 0.1) is 17.7 Å². The molecule has 1 aliphatic heterocycles. The molecule has 0 saturated carbocycles. The summed E-state index contributed by atoms with van der Waals surface area (Å²) in [5.41, 5.74) is 1.69. The number of pyridine rings is 1. The highest BCUT2D eigenvalue weighted by molar-refractivity contribution is 7.13. The Hall–Kier alpha value is -2.78. The molecule has 1 aliphatic rings. The summed E-state index contributed by atoms with van der Waals surface area (Å²) in [4.78, 5) is 23.2.